The van der Waals surface area contributed by atoms with Gasteiger partial charge in [0.05, 0.1) is 28.1 Å². The number of nitrogens with zero attached hydrogens (tertiary/aromatic N) is 3. The van der Waals surface area contributed by atoms with E-state index in [9.17, 15) is 13.2 Å². The minimum absolute atomic E-state index is 0.00995. The Hall–Kier alpha value is -1.96. The summed E-state index contributed by atoms with van der Waals surface area (Å²) in [6.45, 7) is 5.88. The second kappa shape index (κ2) is 5.84. The summed E-state index contributed by atoms with van der Waals surface area (Å²) in [5.74, 6) is 0.0496. The van der Waals surface area contributed by atoms with E-state index >= 15 is 0 Å². The van der Waals surface area contributed by atoms with Crippen molar-refractivity contribution in [2.75, 3.05) is 11.5 Å². The third-order valence-corrected chi connectivity index (χ3v) is 6.16. The van der Waals surface area contributed by atoms with Gasteiger partial charge in [0, 0.05) is 18.8 Å². The number of fused-ring (bicyclic) bond motifs is 1. The van der Waals surface area contributed by atoms with Gasteiger partial charge in [-0.25, -0.2) is 13.4 Å². The molecule has 0 radical (unpaired) electrons. The highest BCUT2D eigenvalue weighted by Gasteiger charge is 2.30. The van der Waals surface area contributed by atoms with Crippen LogP contribution in [0.4, 0.5) is 0 Å². The van der Waals surface area contributed by atoms with Gasteiger partial charge in [-0.1, -0.05) is 13.8 Å². The maximum absolute atomic E-state index is 12.8. The third-order valence-electron chi connectivity index (χ3n) is 4.39. The Balaban J connectivity index is 2.02. The number of sulfone groups is 1. The number of carbonyl (C=O) groups excluding carboxylic acids is 1. The molecule has 0 unspecified atom stereocenters. The second-order valence-corrected chi connectivity index (χ2v) is 8.96. The summed E-state index contributed by atoms with van der Waals surface area (Å²) in [6, 6.07) is 1.46. The van der Waals surface area contributed by atoms with Crippen LogP contribution in [0, 0.1) is 6.92 Å². The molecule has 3 heterocycles. The number of pyridine rings is 1. The van der Waals surface area contributed by atoms with Crippen molar-refractivity contribution in [1.29, 1.82) is 0 Å². The van der Waals surface area contributed by atoms with Crippen LogP contribution in [0.2, 0.25) is 0 Å². The van der Waals surface area contributed by atoms with Crippen LogP contribution < -0.4 is 5.32 Å². The first-order valence-corrected chi connectivity index (χ1v) is 9.85. The quantitative estimate of drug-likeness (QED) is 0.901. The van der Waals surface area contributed by atoms with E-state index in [1.54, 1.807) is 17.8 Å². The molecule has 7 nitrogen and oxygen atoms in total. The molecule has 2 aromatic rings. The Kier molecular flexibility index (Phi) is 4.11. The fourth-order valence-corrected chi connectivity index (χ4v) is 4.78. The molecule has 1 atom stereocenters. The van der Waals surface area contributed by atoms with Crippen molar-refractivity contribution < 1.29 is 13.2 Å². The van der Waals surface area contributed by atoms with Gasteiger partial charge in [0.15, 0.2) is 15.5 Å². The first-order chi connectivity index (χ1) is 11.2. The highest BCUT2D eigenvalue weighted by molar-refractivity contribution is 7.91. The first-order valence-electron chi connectivity index (χ1n) is 8.03. The highest BCUT2D eigenvalue weighted by atomic mass is 32.2. The number of aryl methyl sites for hydroxylation is 2. The van der Waals surface area contributed by atoms with Crippen LogP contribution in [0.3, 0.4) is 0 Å². The number of nitrogens with one attached hydrogen (secondary N) is 1. The van der Waals surface area contributed by atoms with E-state index in [0.29, 0.717) is 17.6 Å². The standard InChI is InChI=1S/C16H22N4O3S/c1-9(2)13-7-12(14-10(3)19-20(4)15(14)18-13)16(21)17-11-5-6-24(22,23)8-11/h7,9,11H,5-6,8H2,1-4H3,(H,17,21)/t11-/m0/s1. The molecule has 1 N–H and O–H groups in total. The van der Waals surface area contributed by atoms with Crippen LogP contribution in [0.5, 0.6) is 0 Å². The molecule has 0 aromatic carbocycles. The summed E-state index contributed by atoms with van der Waals surface area (Å²) in [5, 5.41) is 7.95. The minimum atomic E-state index is -3.03. The molecule has 1 amide bonds. The average Bonchev–Trinajstić information content (AvgIpc) is 2.97. The lowest BCUT2D eigenvalue weighted by Gasteiger charge is -2.13. The Bertz CT molecular complexity index is 915. The van der Waals surface area contributed by atoms with Crippen LogP contribution >= 0.6 is 0 Å². The lowest BCUT2D eigenvalue weighted by atomic mass is 10.0. The third kappa shape index (κ3) is 3.02. The van der Waals surface area contributed by atoms with E-state index in [1.807, 2.05) is 20.8 Å². The monoisotopic (exact) mass is 350 g/mol. The number of carbonyl (C=O) groups is 1. The number of aromatic nitrogens is 3. The van der Waals surface area contributed by atoms with Crippen molar-refractivity contribution >= 4 is 26.8 Å². The van der Waals surface area contributed by atoms with Crippen molar-refractivity contribution in [2.45, 2.75) is 39.2 Å². The zero-order valence-corrected chi connectivity index (χ0v) is 15.1. The number of rotatable bonds is 3. The molecule has 1 saturated heterocycles. The van der Waals surface area contributed by atoms with Crippen molar-refractivity contribution in [3.8, 4) is 0 Å². The zero-order chi connectivity index (χ0) is 17.6. The van der Waals surface area contributed by atoms with Crippen molar-refractivity contribution in [1.82, 2.24) is 20.1 Å². The molecule has 2 aromatic heterocycles. The first kappa shape index (κ1) is 16.9. The summed E-state index contributed by atoms with van der Waals surface area (Å²) in [5.41, 5.74) is 2.73. The van der Waals surface area contributed by atoms with Gasteiger partial charge in [-0.3, -0.25) is 9.48 Å². The minimum Gasteiger partial charge on any atom is -0.348 e. The number of hydrogen-bond donors (Lipinski definition) is 1. The molecular formula is C16H22N4O3S. The van der Waals surface area contributed by atoms with Crippen LogP contribution in [0.15, 0.2) is 6.07 Å². The summed E-state index contributed by atoms with van der Waals surface area (Å²) in [4.78, 5) is 17.4. The van der Waals surface area contributed by atoms with Gasteiger partial charge in [0.2, 0.25) is 0 Å². The van der Waals surface area contributed by atoms with Crippen LogP contribution in [0.25, 0.3) is 11.0 Å². The Morgan fingerprint density at radius 2 is 2.12 bits per heavy atom. The molecule has 3 rings (SSSR count). The lowest BCUT2D eigenvalue weighted by molar-refractivity contribution is 0.0942. The Morgan fingerprint density at radius 3 is 2.71 bits per heavy atom. The molecule has 0 aliphatic carbocycles. The van der Waals surface area contributed by atoms with E-state index < -0.39 is 9.84 Å². The molecule has 1 aliphatic heterocycles. The SMILES string of the molecule is Cc1nn(C)c2nc(C(C)C)cc(C(=O)N[C@H]3CCS(=O)(=O)C3)c12. The highest BCUT2D eigenvalue weighted by Crippen LogP contribution is 2.25. The van der Waals surface area contributed by atoms with Crippen molar-refractivity contribution in [2.24, 2.45) is 7.05 Å². The van der Waals surface area contributed by atoms with E-state index in [2.05, 4.69) is 15.4 Å². The molecule has 0 bridgehead atoms. The Labute approximate surface area is 141 Å². The topological polar surface area (TPSA) is 93.9 Å². The number of hydrogen-bond acceptors (Lipinski definition) is 5. The van der Waals surface area contributed by atoms with Gasteiger partial charge in [0.25, 0.3) is 5.91 Å². The van der Waals surface area contributed by atoms with Crippen LogP contribution in [-0.2, 0) is 16.9 Å². The normalized spacial score (nSPS) is 20.0. The summed E-state index contributed by atoms with van der Waals surface area (Å²) >= 11 is 0. The van der Waals surface area contributed by atoms with E-state index in [4.69, 9.17) is 0 Å². The average molecular weight is 350 g/mol. The summed E-state index contributed by atoms with van der Waals surface area (Å²) in [6.07, 6.45) is 0.464. The van der Waals surface area contributed by atoms with Gasteiger partial charge >= 0.3 is 0 Å². The molecule has 130 valence electrons. The fourth-order valence-electron chi connectivity index (χ4n) is 3.11. The van der Waals surface area contributed by atoms with Gasteiger partial charge in [-0.05, 0) is 25.3 Å². The van der Waals surface area contributed by atoms with Gasteiger partial charge in [-0.2, -0.15) is 5.10 Å². The Morgan fingerprint density at radius 1 is 1.42 bits per heavy atom. The van der Waals surface area contributed by atoms with Gasteiger partial charge in [0.1, 0.15) is 0 Å². The largest absolute Gasteiger partial charge is 0.348 e. The van der Waals surface area contributed by atoms with E-state index in [0.717, 1.165) is 16.8 Å². The molecule has 1 aliphatic rings. The summed E-state index contributed by atoms with van der Waals surface area (Å²) < 4.78 is 24.9. The summed E-state index contributed by atoms with van der Waals surface area (Å²) in [7, 11) is -1.23. The molecule has 0 saturated carbocycles. The molecule has 0 spiro atoms. The number of amides is 1. The van der Waals surface area contributed by atoms with Crippen molar-refractivity contribution in [3.05, 3.63) is 23.0 Å². The van der Waals surface area contributed by atoms with Gasteiger partial charge in [-0.15, -0.1) is 0 Å². The molecule has 8 heteroatoms. The van der Waals surface area contributed by atoms with E-state index in [1.165, 1.54) is 0 Å². The maximum Gasteiger partial charge on any atom is 0.252 e. The van der Waals surface area contributed by atoms with Gasteiger partial charge < -0.3 is 5.32 Å². The predicted molar refractivity (Wildman–Crippen MR) is 91.9 cm³/mol. The molecule has 24 heavy (non-hydrogen) atoms. The van der Waals surface area contributed by atoms with E-state index in [-0.39, 0.29) is 29.4 Å². The smallest absolute Gasteiger partial charge is 0.252 e. The second-order valence-electron chi connectivity index (χ2n) is 6.73. The predicted octanol–water partition coefficient (Wildman–Crippen LogP) is 1.32. The van der Waals surface area contributed by atoms with Crippen LogP contribution in [-0.4, -0.2) is 46.6 Å². The lowest BCUT2D eigenvalue weighted by Crippen LogP contribution is -2.35. The maximum atomic E-state index is 12.8. The molecular weight excluding hydrogens is 328 g/mol. The van der Waals surface area contributed by atoms with Crippen molar-refractivity contribution in [3.63, 3.8) is 0 Å². The zero-order valence-electron chi connectivity index (χ0n) is 14.3. The molecule has 1 fully saturated rings. The fraction of sp³-hybridized carbons (Fsp3) is 0.562. The van der Waals surface area contributed by atoms with Crippen LogP contribution in [0.1, 0.15) is 47.9 Å².